The summed E-state index contributed by atoms with van der Waals surface area (Å²) >= 11 is 0. The molecule has 0 spiro atoms. The lowest BCUT2D eigenvalue weighted by Crippen LogP contribution is -2.08. The first-order valence-electron chi connectivity index (χ1n) is 4.53. The number of hydrogen-bond acceptors (Lipinski definition) is 2. The monoisotopic (exact) mass is 227 g/mol. The lowest BCUT2D eigenvalue weighted by molar-refractivity contribution is -0.144. The van der Waals surface area contributed by atoms with Gasteiger partial charge in [0.15, 0.2) is 0 Å². The molecule has 0 saturated carbocycles. The van der Waals surface area contributed by atoms with Gasteiger partial charge in [0.2, 0.25) is 0 Å². The fourth-order valence-corrected chi connectivity index (χ4v) is 1.21. The van der Waals surface area contributed by atoms with Gasteiger partial charge in [0, 0.05) is 0 Å². The summed E-state index contributed by atoms with van der Waals surface area (Å²) in [6.07, 6.45) is -3.45. The topological polar surface area (TPSA) is 30.7 Å². The Bertz CT molecular complexity index is 485. The van der Waals surface area contributed by atoms with E-state index in [4.69, 9.17) is 0 Å². The maximum Gasteiger partial charge on any atom is 0.453 e. The first kappa shape index (κ1) is 10.7. The van der Waals surface area contributed by atoms with Gasteiger partial charge in [-0.1, -0.05) is 17.7 Å². The van der Waals surface area contributed by atoms with Crippen LogP contribution in [-0.4, -0.2) is 14.8 Å². The molecule has 0 saturated heterocycles. The quantitative estimate of drug-likeness (QED) is 0.749. The second-order valence-electron chi connectivity index (χ2n) is 3.35. The van der Waals surface area contributed by atoms with Crippen LogP contribution >= 0.6 is 0 Å². The van der Waals surface area contributed by atoms with Gasteiger partial charge < -0.3 is 0 Å². The summed E-state index contributed by atoms with van der Waals surface area (Å²) in [5.41, 5.74) is 1.58. The summed E-state index contributed by atoms with van der Waals surface area (Å²) in [5.74, 6) is -1.13. The summed E-state index contributed by atoms with van der Waals surface area (Å²) in [6.45, 7) is 1.90. The molecular formula is C10H8F3N3. The van der Waals surface area contributed by atoms with Crippen LogP contribution in [0.3, 0.4) is 0 Å². The molecule has 0 aliphatic heterocycles. The Hall–Kier alpha value is -1.85. The zero-order valence-corrected chi connectivity index (χ0v) is 8.36. The van der Waals surface area contributed by atoms with Crippen LogP contribution in [0.4, 0.5) is 13.2 Å². The molecule has 0 unspecified atom stereocenters. The van der Waals surface area contributed by atoms with Crippen LogP contribution in [0, 0.1) is 6.92 Å². The van der Waals surface area contributed by atoms with Crippen molar-refractivity contribution in [1.82, 2.24) is 14.8 Å². The molecule has 0 atom stereocenters. The fourth-order valence-electron chi connectivity index (χ4n) is 1.21. The van der Waals surface area contributed by atoms with Gasteiger partial charge in [-0.05, 0) is 19.1 Å². The zero-order valence-electron chi connectivity index (χ0n) is 8.36. The van der Waals surface area contributed by atoms with E-state index in [9.17, 15) is 13.2 Å². The number of alkyl halides is 3. The van der Waals surface area contributed by atoms with Crippen molar-refractivity contribution in [2.45, 2.75) is 13.1 Å². The minimum absolute atomic E-state index is 0.550. The molecule has 2 aromatic rings. The molecule has 1 aromatic carbocycles. The van der Waals surface area contributed by atoms with E-state index in [0.717, 1.165) is 16.6 Å². The van der Waals surface area contributed by atoms with Gasteiger partial charge in [0.05, 0.1) is 5.69 Å². The molecular weight excluding hydrogens is 219 g/mol. The van der Waals surface area contributed by atoms with Crippen LogP contribution in [0.2, 0.25) is 0 Å². The lowest BCUT2D eigenvalue weighted by Gasteiger charge is -2.01. The average Bonchev–Trinajstić information content (AvgIpc) is 2.67. The molecule has 0 amide bonds. The molecule has 0 radical (unpaired) electrons. The Morgan fingerprint density at radius 3 is 2.25 bits per heavy atom. The molecule has 1 aromatic heterocycles. The third-order valence-electron chi connectivity index (χ3n) is 2.04. The van der Waals surface area contributed by atoms with E-state index in [1.54, 1.807) is 24.3 Å². The minimum Gasteiger partial charge on any atom is -0.220 e. The van der Waals surface area contributed by atoms with E-state index in [-0.39, 0.29) is 0 Å². The van der Waals surface area contributed by atoms with Crippen LogP contribution in [0.25, 0.3) is 5.69 Å². The predicted molar refractivity (Wildman–Crippen MR) is 51.1 cm³/mol. The Morgan fingerprint density at radius 1 is 1.12 bits per heavy atom. The normalized spacial score (nSPS) is 11.8. The smallest absolute Gasteiger partial charge is 0.220 e. The number of nitrogens with zero attached hydrogens (tertiary/aromatic N) is 3. The molecule has 0 aliphatic carbocycles. The predicted octanol–water partition coefficient (Wildman–Crippen LogP) is 2.59. The molecule has 84 valence electrons. The van der Waals surface area contributed by atoms with Crippen molar-refractivity contribution in [3.8, 4) is 5.69 Å². The molecule has 0 aliphatic rings. The van der Waals surface area contributed by atoms with E-state index in [2.05, 4.69) is 10.1 Å². The van der Waals surface area contributed by atoms with E-state index >= 15 is 0 Å². The Balaban J connectivity index is 2.35. The van der Waals surface area contributed by atoms with Gasteiger partial charge >= 0.3 is 6.18 Å². The molecule has 2 rings (SSSR count). The second kappa shape index (κ2) is 3.62. The molecule has 3 nitrogen and oxygen atoms in total. The third kappa shape index (κ3) is 2.05. The Kier molecular flexibility index (Phi) is 2.41. The van der Waals surface area contributed by atoms with E-state index in [1.807, 2.05) is 6.92 Å². The van der Waals surface area contributed by atoms with Gasteiger partial charge in [-0.15, -0.1) is 5.10 Å². The third-order valence-corrected chi connectivity index (χ3v) is 2.04. The van der Waals surface area contributed by atoms with Crippen LogP contribution in [0.5, 0.6) is 0 Å². The molecule has 1 heterocycles. The summed E-state index contributed by atoms with van der Waals surface area (Å²) in [4.78, 5) is 3.21. The molecule has 0 fully saturated rings. The number of aromatic nitrogens is 3. The van der Waals surface area contributed by atoms with Gasteiger partial charge in [0.25, 0.3) is 5.82 Å². The minimum atomic E-state index is -4.50. The number of benzene rings is 1. The SMILES string of the molecule is Cc1ccc(-n2cnc(C(F)(F)F)n2)cc1. The lowest BCUT2D eigenvalue weighted by atomic mass is 10.2. The fraction of sp³-hybridized carbons (Fsp3) is 0.200. The molecule has 16 heavy (non-hydrogen) atoms. The van der Waals surface area contributed by atoms with E-state index in [1.165, 1.54) is 0 Å². The summed E-state index contributed by atoms with van der Waals surface area (Å²) < 4.78 is 37.8. The summed E-state index contributed by atoms with van der Waals surface area (Å²) in [5, 5.41) is 3.36. The Morgan fingerprint density at radius 2 is 1.75 bits per heavy atom. The van der Waals surface area contributed by atoms with Crippen molar-refractivity contribution >= 4 is 0 Å². The highest BCUT2D eigenvalue weighted by molar-refractivity contribution is 5.32. The van der Waals surface area contributed by atoms with E-state index < -0.39 is 12.0 Å². The number of rotatable bonds is 1. The van der Waals surface area contributed by atoms with Crippen LogP contribution < -0.4 is 0 Å². The highest BCUT2D eigenvalue weighted by atomic mass is 19.4. The maximum absolute atomic E-state index is 12.2. The molecule has 0 N–H and O–H groups in total. The maximum atomic E-state index is 12.2. The first-order valence-corrected chi connectivity index (χ1v) is 4.53. The van der Waals surface area contributed by atoms with Crippen molar-refractivity contribution in [3.05, 3.63) is 42.0 Å². The van der Waals surface area contributed by atoms with Crippen molar-refractivity contribution in [2.24, 2.45) is 0 Å². The number of halogens is 3. The molecule has 0 bridgehead atoms. The first-order chi connectivity index (χ1) is 7.47. The standard InChI is InChI=1S/C10H8F3N3/c1-7-2-4-8(5-3-7)16-6-14-9(15-16)10(11,12)13/h2-6H,1H3. The van der Waals surface area contributed by atoms with Gasteiger partial charge in [-0.2, -0.15) is 13.2 Å². The van der Waals surface area contributed by atoms with Crippen molar-refractivity contribution < 1.29 is 13.2 Å². The average molecular weight is 227 g/mol. The largest absolute Gasteiger partial charge is 0.453 e. The number of hydrogen-bond donors (Lipinski definition) is 0. The van der Waals surface area contributed by atoms with Crippen LogP contribution in [0.1, 0.15) is 11.4 Å². The van der Waals surface area contributed by atoms with Gasteiger partial charge in [-0.3, -0.25) is 0 Å². The Labute approximate surface area is 89.5 Å². The zero-order chi connectivity index (χ0) is 11.8. The van der Waals surface area contributed by atoms with Crippen molar-refractivity contribution in [3.63, 3.8) is 0 Å². The highest BCUT2D eigenvalue weighted by Gasteiger charge is 2.35. The summed E-state index contributed by atoms with van der Waals surface area (Å²) in [7, 11) is 0. The summed E-state index contributed by atoms with van der Waals surface area (Å²) in [6, 6.07) is 6.96. The van der Waals surface area contributed by atoms with Crippen LogP contribution in [-0.2, 0) is 6.18 Å². The highest BCUT2D eigenvalue weighted by Crippen LogP contribution is 2.25. The van der Waals surface area contributed by atoms with Crippen molar-refractivity contribution in [1.29, 1.82) is 0 Å². The second-order valence-corrected chi connectivity index (χ2v) is 3.35. The number of aryl methyl sites for hydroxylation is 1. The van der Waals surface area contributed by atoms with Gasteiger partial charge in [-0.25, -0.2) is 9.67 Å². The van der Waals surface area contributed by atoms with Gasteiger partial charge in [0.1, 0.15) is 6.33 Å². The van der Waals surface area contributed by atoms with Crippen LogP contribution in [0.15, 0.2) is 30.6 Å². The van der Waals surface area contributed by atoms with Crippen molar-refractivity contribution in [2.75, 3.05) is 0 Å². The van der Waals surface area contributed by atoms with E-state index in [0.29, 0.717) is 5.69 Å². The molecule has 6 heteroatoms.